The normalized spacial score (nSPS) is 19.4. The summed E-state index contributed by atoms with van der Waals surface area (Å²) in [5.41, 5.74) is 9.89. The van der Waals surface area contributed by atoms with Crippen LogP contribution in [0.2, 0.25) is 0 Å². The molecule has 2 heterocycles. The van der Waals surface area contributed by atoms with Gasteiger partial charge < -0.3 is 21.3 Å². The van der Waals surface area contributed by atoms with Crippen molar-refractivity contribution < 1.29 is 15.0 Å². The van der Waals surface area contributed by atoms with Gasteiger partial charge in [0.1, 0.15) is 6.23 Å². The van der Waals surface area contributed by atoms with E-state index >= 15 is 0 Å². The first-order valence-corrected chi connectivity index (χ1v) is 12.2. The van der Waals surface area contributed by atoms with E-state index in [1.54, 1.807) is 0 Å². The minimum Gasteiger partial charge on any atom is -0.390 e. The maximum atomic E-state index is 12.7. The van der Waals surface area contributed by atoms with Gasteiger partial charge >= 0.3 is 0 Å². The second-order valence-corrected chi connectivity index (χ2v) is 9.46. The molecule has 0 radical (unpaired) electrons. The van der Waals surface area contributed by atoms with E-state index in [2.05, 4.69) is 44.3 Å². The first kappa shape index (κ1) is 24.8. The van der Waals surface area contributed by atoms with Crippen molar-refractivity contribution in [2.75, 3.05) is 52.4 Å². The molecule has 8 heteroatoms. The van der Waals surface area contributed by atoms with Crippen molar-refractivity contribution in [2.24, 2.45) is 5.73 Å². The van der Waals surface area contributed by atoms with Crippen molar-refractivity contribution in [1.82, 2.24) is 20.0 Å². The molecular formula is C26H37N5O3. The molecule has 1 saturated heterocycles. The number of nitrogens with one attached hydrogen (secondary N) is 1. The summed E-state index contributed by atoms with van der Waals surface area (Å²) in [5.74, 6) is -0.161. The Morgan fingerprint density at radius 3 is 2.41 bits per heavy atom. The topological polar surface area (TPSA) is 105 Å². The number of carbonyl (C=O) groups is 1. The number of nitrogens with two attached hydrogens (primary N) is 1. The Hall–Kier alpha value is -2.33. The van der Waals surface area contributed by atoms with Crippen LogP contribution in [0.15, 0.2) is 48.5 Å². The summed E-state index contributed by atoms with van der Waals surface area (Å²) in [5, 5.41) is 22.7. The van der Waals surface area contributed by atoms with Gasteiger partial charge in [-0.1, -0.05) is 36.4 Å². The smallest absolute Gasteiger partial charge is 0.251 e. The number of aliphatic hydroxyl groups is 2. The molecule has 2 unspecified atom stereocenters. The molecule has 0 saturated carbocycles. The van der Waals surface area contributed by atoms with Crippen LogP contribution in [-0.4, -0.2) is 95.5 Å². The summed E-state index contributed by atoms with van der Waals surface area (Å²) in [6.07, 6.45) is -0.413. The highest BCUT2D eigenvalue weighted by Gasteiger charge is 2.20. The molecule has 1 amide bonds. The number of piperazine rings is 1. The van der Waals surface area contributed by atoms with E-state index in [1.165, 1.54) is 11.1 Å². The fraction of sp³-hybridized carbons (Fsp3) is 0.500. The molecule has 2 aromatic carbocycles. The molecule has 0 spiro atoms. The Morgan fingerprint density at radius 1 is 0.912 bits per heavy atom. The largest absolute Gasteiger partial charge is 0.390 e. The van der Waals surface area contributed by atoms with Crippen molar-refractivity contribution in [2.45, 2.75) is 31.8 Å². The summed E-state index contributed by atoms with van der Waals surface area (Å²) in [6.45, 7) is 7.35. The third-order valence-corrected chi connectivity index (χ3v) is 6.68. The third kappa shape index (κ3) is 7.09. The molecule has 5 N–H and O–H groups in total. The van der Waals surface area contributed by atoms with E-state index in [0.29, 0.717) is 18.7 Å². The summed E-state index contributed by atoms with van der Waals surface area (Å²) < 4.78 is 0. The molecule has 184 valence electrons. The van der Waals surface area contributed by atoms with E-state index in [0.717, 1.165) is 57.8 Å². The van der Waals surface area contributed by atoms with Crippen LogP contribution >= 0.6 is 0 Å². The Morgan fingerprint density at radius 2 is 1.65 bits per heavy atom. The van der Waals surface area contributed by atoms with Crippen LogP contribution in [0.25, 0.3) is 0 Å². The minimum atomic E-state index is -0.795. The molecule has 2 aromatic rings. The first-order valence-electron chi connectivity index (χ1n) is 12.2. The van der Waals surface area contributed by atoms with E-state index < -0.39 is 12.3 Å². The second-order valence-electron chi connectivity index (χ2n) is 9.46. The number of rotatable bonds is 9. The molecule has 0 aromatic heterocycles. The summed E-state index contributed by atoms with van der Waals surface area (Å²) in [6, 6.07) is 16.1. The van der Waals surface area contributed by atoms with Gasteiger partial charge in [0.15, 0.2) is 0 Å². The third-order valence-electron chi connectivity index (χ3n) is 6.68. The average Bonchev–Trinajstić information content (AvgIpc) is 2.83. The van der Waals surface area contributed by atoms with E-state index in [1.807, 2.05) is 24.3 Å². The maximum Gasteiger partial charge on any atom is 0.251 e. The van der Waals surface area contributed by atoms with Gasteiger partial charge in [-0.2, -0.15) is 0 Å². The van der Waals surface area contributed by atoms with E-state index in [9.17, 15) is 15.0 Å². The van der Waals surface area contributed by atoms with Gasteiger partial charge in [0.25, 0.3) is 5.91 Å². The van der Waals surface area contributed by atoms with Crippen molar-refractivity contribution in [3.63, 3.8) is 0 Å². The number of benzene rings is 2. The molecule has 1 fully saturated rings. The average molecular weight is 468 g/mol. The minimum absolute atomic E-state index is 0.161. The highest BCUT2D eigenvalue weighted by atomic mass is 16.3. The maximum absolute atomic E-state index is 12.7. The zero-order chi connectivity index (χ0) is 23.9. The van der Waals surface area contributed by atoms with Crippen molar-refractivity contribution in [3.05, 3.63) is 70.8 Å². The number of nitrogens with zero attached hydrogens (tertiary/aromatic N) is 3. The summed E-state index contributed by atoms with van der Waals surface area (Å²) in [4.78, 5) is 19.5. The van der Waals surface area contributed by atoms with Gasteiger partial charge in [-0.05, 0) is 35.2 Å². The monoisotopic (exact) mass is 467 g/mol. The number of amides is 1. The second kappa shape index (κ2) is 11.9. The SMILES string of the molecule is NC(O)CN1CCN(Cc2cccc(C(=O)NCC(O)CN3CCc4ccccc4C3)c2)CC1. The van der Waals surface area contributed by atoms with Gasteiger partial charge in [0.05, 0.1) is 6.10 Å². The number of carbonyl (C=O) groups excluding carboxylic acids is 1. The lowest BCUT2D eigenvalue weighted by atomic mass is 10.00. The fourth-order valence-electron chi connectivity index (χ4n) is 4.85. The zero-order valence-electron chi connectivity index (χ0n) is 19.8. The van der Waals surface area contributed by atoms with Gasteiger partial charge in [-0.25, -0.2) is 0 Å². The number of aliphatic hydroxyl groups excluding tert-OH is 2. The van der Waals surface area contributed by atoms with Gasteiger partial charge in [-0.15, -0.1) is 0 Å². The predicted octanol–water partition coefficient (Wildman–Crippen LogP) is 0.230. The Bertz CT molecular complexity index is 946. The standard InChI is InChI=1S/C26H37N5O3/c27-25(33)19-30-12-10-29(11-13-30)16-20-4-3-7-22(14-20)26(34)28-15-24(32)18-31-9-8-21-5-1-2-6-23(21)17-31/h1-7,14,24-25,32-33H,8-13,15-19,27H2,(H,28,34). The number of hydrogen-bond donors (Lipinski definition) is 4. The predicted molar refractivity (Wildman–Crippen MR) is 132 cm³/mol. The van der Waals surface area contributed by atoms with Gasteiger partial charge in [-0.3, -0.25) is 19.5 Å². The van der Waals surface area contributed by atoms with E-state index in [4.69, 9.17) is 5.73 Å². The quantitative estimate of drug-likeness (QED) is 0.391. The Labute approximate surface area is 202 Å². The lowest BCUT2D eigenvalue weighted by molar-refractivity contribution is 0.0731. The highest BCUT2D eigenvalue weighted by Crippen LogP contribution is 2.18. The highest BCUT2D eigenvalue weighted by molar-refractivity contribution is 5.94. The van der Waals surface area contributed by atoms with Crippen LogP contribution in [0.1, 0.15) is 27.0 Å². The molecule has 0 bridgehead atoms. The zero-order valence-corrected chi connectivity index (χ0v) is 19.8. The summed E-state index contributed by atoms with van der Waals surface area (Å²) in [7, 11) is 0. The fourth-order valence-corrected chi connectivity index (χ4v) is 4.85. The van der Waals surface area contributed by atoms with Crippen LogP contribution in [0, 0.1) is 0 Å². The van der Waals surface area contributed by atoms with Crippen LogP contribution in [0.4, 0.5) is 0 Å². The molecule has 2 aliphatic rings. The Kier molecular flexibility index (Phi) is 8.66. The van der Waals surface area contributed by atoms with Gasteiger partial charge in [0, 0.05) is 71.0 Å². The van der Waals surface area contributed by atoms with Gasteiger partial charge in [0.2, 0.25) is 0 Å². The Balaban J connectivity index is 1.21. The van der Waals surface area contributed by atoms with Crippen LogP contribution in [0.3, 0.4) is 0 Å². The molecule has 2 atom stereocenters. The molecular weight excluding hydrogens is 430 g/mol. The molecule has 0 aliphatic carbocycles. The van der Waals surface area contributed by atoms with Crippen molar-refractivity contribution >= 4 is 5.91 Å². The molecule has 34 heavy (non-hydrogen) atoms. The van der Waals surface area contributed by atoms with Crippen LogP contribution < -0.4 is 11.1 Å². The van der Waals surface area contributed by atoms with Crippen LogP contribution in [-0.2, 0) is 19.5 Å². The van der Waals surface area contributed by atoms with Crippen LogP contribution in [0.5, 0.6) is 0 Å². The lowest BCUT2D eigenvalue weighted by Crippen LogP contribution is -2.49. The molecule has 8 nitrogen and oxygen atoms in total. The lowest BCUT2D eigenvalue weighted by Gasteiger charge is -2.35. The first-order chi connectivity index (χ1) is 16.5. The number of β-amino-alcohol motifs (C(OH)–C–C–N with tert-alkyl or cyclic N) is 2. The van der Waals surface area contributed by atoms with Crippen molar-refractivity contribution in [3.8, 4) is 0 Å². The number of hydrogen-bond acceptors (Lipinski definition) is 7. The summed E-state index contributed by atoms with van der Waals surface area (Å²) >= 11 is 0. The van der Waals surface area contributed by atoms with Crippen molar-refractivity contribution in [1.29, 1.82) is 0 Å². The molecule has 2 aliphatic heterocycles. The number of fused-ring (bicyclic) bond motifs is 1. The van der Waals surface area contributed by atoms with E-state index in [-0.39, 0.29) is 12.5 Å². The molecule has 4 rings (SSSR count).